The van der Waals surface area contributed by atoms with Crippen molar-refractivity contribution in [1.82, 2.24) is 14.8 Å². The van der Waals surface area contributed by atoms with Gasteiger partial charge in [0.15, 0.2) is 0 Å². The van der Waals surface area contributed by atoms with Gasteiger partial charge >= 0.3 is 5.97 Å². The molecule has 1 aromatic heterocycles. The summed E-state index contributed by atoms with van der Waals surface area (Å²) in [6.07, 6.45) is 0.0347. The predicted molar refractivity (Wildman–Crippen MR) is 64.2 cm³/mol. The molecule has 4 heterocycles. The minimum atomic E-state index is -0.809. The van der Waals surface area contributed by atoms with Gasteiger partial charge < -0.3 is 5.11 Å². The van der Waals surface area contributed by atoms with Crippen LogP contribution in [0.2, 0.25) is 0 Å². The molecule has 0 amide bonds. The first-order valence-electron chi connectivity index (χ1n) is 5.85. The molecule has 4 rings (SSSR count). The first-order valence-corrected chi connectivity index (χ1v) is 6.73. The third-order valence-electron chi connectivity index (χ3n) is 3.47. The van der Waals surface area contributed by atoms with Crippen molar-refractivity contribution in [2.75, 3.05) is 32.7 Å². The van der Waals surface area contributed by atoms with E-state index in [0.717, 1.165) is 37.7 Å². The Morgan fingerprint density at radius 2 is 2.24 bits per heavy atom. The van der Waals surface area contributed by atoms with E-state index in [2.05, 4.69) is 14.8 Å². The number of aliphatic carboxylic acids is 1. The monoisotopic (exact) mass is 253 g/mol. The molecule has 6 heteroatoms. The summed E-state index contributed by atoms with van der Waals surface area (Å²) in [6, 6.07) is 0.380. The number of nitrogens with zero attached hydrogens (tertiary/aromatic N) is 3. The summed E-state index contributed by atoms with van der Waals surface area (Å²) in [7, 11) is 0. The van der Waals surface area contributed by atoms with Crippen molar-refractivity contribution in [3.8, 4) is 0 Å². The lowest BCUT2D eigenvalue weighted by Gasteiger charge is -2.46. The van der Waals surface area contributed by atoms with Crippen LogP contribution in [0.3, 0.4) is 0 Å². The van der Waals surface area contributed by atoms with Crippen LogP contribution in [0.15, 0.2) is 5.38 Å². The van der Waals surface area contributed by atoms with Gasteiger partial charge in [-0.3, -0.25) is 14.6 Å². The molecule has 1 N–H and O–H groups in total. The van der Waals surface area contributed by atoms with Gasteiger partial charge in [-0.15, -0.1) is 11.3 Å². The molecule has 5 nitrogen and oxygen atoms in total. The first kappa shape index (κ1) is 11.1. The van der Waals surface area contributed by atoms with Crippen LogP contribution in [0.1, 0.15) is 16.7 Å². The third kappa shape index (κ3) is 2.20. The van der Waals surface area contributed by atoms with Gasteiger partial charge in [-0.05, 0) is 0 Å². The number of piperazine rings is 3. The number of rotatable bonds is 3. The van der Waals surface area contributed by atoms with E-state index in [1.54, 1.807) is 11.3 Å². The standard InChI is InChI=1S/C11H15N3O2S/c15-10(16)5-8-7-17-11(12-8)9-6-13-1-3-14(9)4-2-13/h7,9H,1-6H2,(H,15,16). The second-order valence-corrected chi connectivity index (χ2v) is 5.49. The van der Waals surface area contributed by atoms with E-state index >= 15 is 0 Å². The fraction of sp³-hybridized carbons (Fsp3) is 0.636. The van der Waals surface area contributed by atoms with Crippen LogP contribution < -0.4 is 0 Å². The number of carboxylic acid groups (broad SMARTS) is 1. The van der Waals surface area contributed by atoms with Gasteiger partial charge in [-0.1, -0.05) is 0 Å². The molecule has 1 atom stereocenters. The highest BCUT2D eigenvalue weighted by atomic mass is 32.1. The molecule has 0 saturated carbocycles. The van der Waals surface area contributed by atoms with Crippen LogP contribution in [-0.4, -0.2) is 58.6 Å². The number of hydrogen-bond donors (Lipinski definition) is 1. The molecule has 0 aromatic carbocycles. The van der Waals surface area contributed by atoms with Gasteiger partial charge in [0.25, 0.3) is 0 Å². The Balaban J connectivity index is 1.75. The number of fused-ring (bicyclic) bond motifs is 3. The Labute approximate surface area is 104 Å². The van der Waals surface area contributed by atoms with E-state index in [1.807, 2.05) is 5.38 Å². The van der Waals surface area contributed by atoms with Gasteiger partial charge in [0.05, 0.1) is 18.2 Å². The molecule has 3 saturated heterocycles. The SMILES string of the molecule is O=C(O)Cc1csc(C2CN3CCN2CC3)n1. The first-order chi connectivity index (χ1) is 8.22. The van der Waals surface area contributed by atoms with Crippen LogP contribution in [0, 0.1) is 0 Å². The van der Waals surface area contributed by atoms with Gasteiger partial charge in [-0.25, -0.2) is 4.98 Å². The maximum atomic E-state index is 10.6. The zero-order valence-electron chi connectivity index (χ0n) is 9.50. The highest BCUT2D eigenvalue weighted by Gasteiger charge is 2.34. The van der Waals surface area contributed by atoms with Crippen molar-refractivity contribution in [3.05, 3.63) is 16.1 Å². The van der Waals surface area contributed by atoms with E-state index in [-0.39, 0.29) is 6.42 Å². The zero-order valence-corrected chi connectivity index (χ0v) is 10.3. The fourth-order valence-corrected chi connectivity index (χ4v) is 3.51. The Kier molecular flexibility index (Phi) is 2.85. The Morgan fingerprint density at radius 1 is 1.47 bits per heavy atom. The number of hydrogen-bond acceptors (Lipinski definition) is 5. The number of thiazole rings is 1. The summed E-state index contributed by atoms with van der Waals surface area (Å²) >= 11 is 1.59. The summed E-state index contributed by atoms with van der Waals surface area (Å²) < 4.78 is 0. The topological polar surface area (TPSA) is 56.7 Å². The normalized spacial score (nSPS) is 31.6. The summed E-state index contributed by atoms with van der Waals surface area (Å²) in [4.78, 5) is 20.0. The molecule has 17 heavy (non-hydrogen) atoms. The van der Waals surface area contributed by atoms with Gasteiger partial charge in [0.1, 0.15) is 5.01 Å². The summed E-state index contributed by atoms with van der Waals surface area (Å²) in [5.41, 5.74) is 0.690. The highest BCUT2D eigenvalue weighted by molar-refractivity contribution is 7.09. The molecule has 2 bridgehead atoms. The Hall–Kier alpha value is -0.980. The second kappa shape index (κ2) is 4.36. The molecule has 3 fully saturated rings. The predicted octanol–water partition coefficient (Wildman–Crippen LogP) is 0.443. The second-order valence-electron chi connectivity index (χ2n) is 4.60. The lowest BCUT2D eigenvalue weighted by molar-refractivity contribution is -0.136. The molecule has 1 unspecified atom stereocenters. The number of carbonyl (C=O) groups is 1. The largest absolute Gasteiger partial charge is 0.481 e. The van der Waals surface area contributed by atoms with Crippen molar-refractivity contribution in [2.24, 2.45) is 0 Å². The van der Waals surface area contributed by atoms with Crippen LogP contribution in [0.5, 0.6) is 0 Å². The van der Waals surface area contributed by atoms with Crippen molar-refractivity contribution in [1.29, 1.82) is 0 Å². The number of aromatic nitrogens is 1. The molecule has 1 aromatic rings. The average molecular weight is 253 g/mol. The van der Waals surface area contributed by atoms with Crippen molar-refractivity contribution < 1.29 is 9.90 Å². The molecular formula is C11H15N3O2S. The molecular weight excluding hydrogens is 238 g/mol. The lowest BCUT2D eigenvalue weighted by atomic mass is 10.1. The minimum absolute atomic E-state index is 0.0347. The molecule has 92 valence electrons. The summed E-state index contributed by atoms with van der Waals surface area (Å²) in [6.45, 7) is 5.57. The van der Waals surface area contributed by atoms with Crippen LogP contribution in [-0.2, 0) is 11.2 Å². The molecule has 0 aliphatic carbocycles. The van der Waals surface area contributed by atoms with Crippen LogP contribution in [0.25, 0.3) is 0 Å². The van der Waals surface area contributed by atoms with Crippen molar-refractivity contribution in [2.45, 2.75) is 12.5 Å². The quantitative estimate of drug-likeness (QED) is 0.847. The zero-order chi connectivity index (χ0) is 11.8. The van der Waals surface area contributed by atoms with Crippen LogP contribution in [0.4, 0.5) is 0 Å². The maximum Gasteiger partial charge on any atom is 0.309 e. The van der Waals surface area contributed by atoms with E-state index in [1.165, 1.54) is 0 Å². The highest BCUT2D eigenvalue weighted by Crippen LogP contribution is 2.30. The van der Waals surface area contributed by atoms with E-state index in [0.29, 0.717) is 11.7 Å². The van der Waals surface area contributed by atoms with Gasteiger partial charge in [0, 0.05) is 38.1 Å². The summed E-state index contributed by atoms with van der Waals surface area (Å²) in [5.74, 6) is -0.809. The van der Waals surface area contributed by atoms with Crippen molar-refractivity contribution >= 4 is 17.3 Å². The molecule has 3 aliphatic rings. The number of carboxylic acids is 1. The minimum Gasteiger partial charge on any atom is -0.481 e. The smallest absolute Gasteiger partial charge is 0.309 e. The Morgan fingerprint density at radius 3 is 2.82 bits per heavy atom. The molecule has 3 aliphatic heterocycles. The van der Waals surface area contributed by atoms with Crippen LogP contribution >= 0.6 is 11.3 Å². The third-order valence-corrected chi connectivity index (χ3v) is 4.46. The van der Waals surface area contributed by atoms with E-state index in [9.17, 15) is 4.79 Å². The lowest BCUT2D eigenvalue weighted by Crippen LogP contribution is -2.56. The molecule has 0 spiro atoms. The van der Waals surface area contributed by atoms with E-state index in [4.69, 9.17) is 5.11 Å². The van der Waals surface area contributed by atoms with Crippen molar-refractivity contribution in [3.63, 3.8) is 0 Å². The maximum absolute atomic E-state index is 10.6. The summed E-state index contributed by atoms with van der Waals surface area (Å²) in [5, 5.41) is 11.7. The van der Waals surface area contributed by atoms with Gasteiger partial charge in [0.2, 0.25) is 0 Å². The average Bonchev–Trinajstić information content (AvgIpc) is 2.78. The fourth-order valence-electron chi connectivity index (χ4n) is 2.56. The Bertz CT molecular complexity index is 426. The van der Waals surface area contributed by atoms with E-state index < -0.39 is 5.97 Å². The van der Waals surface area contributed by atoms with Gasteiger partial charge in [-0.2, -0.15) is 0 Å². The molecule has 0 radical (unpaired) electrons.